The van der Waals surface area contributed by atoms with Gasteiger partial charge in [0, 0.05) is 39.3 Å². The Hall–Kier alpha value is -0.810. The van der Waals surface area contributed by atoms with Crippen LogP contribution in [0.2, 0.25) is 0 Å². The fourth-order valence-electron chi connectivity index (χ4n) is 2.84. The lowest BCUT2D eigenvalue weighted by atomic mass is 9.78. The molecule has 0 spiro atoms. The van der Waals surface area contributed by atoms with E-state index in [1.807, 2.05) is 6.92 Å². The molecule has 1 aliphatic heterocycles. The van der Waals surface area contributed by atoms with Gasteiger partial charge < -0.3 is 20.1 Å². The van der Waals surface area contributed by atoms with E-state index < -0.39 is 0 Å². The zero-order valence-electron chi connectivity index (χ0n) is 14.4. The third-order valence-electron chi connectivity index (χ3n) is 3.80. The van der Waals surface area contributed by atoms with Crippen molar-refractivity contribution in [2.24, 2.45) is 16.3 Å². The topological polar surface area (TPSA) is 54.9 Å². The number of rotatable bonds is 6. The third kappa shape index (κ3) is 6.66. The maximum Gasteiger partial charge on any atom is 0.191 e. The van der Waals surface area contributed by atoms with Crippen LogP contribution in [0.4, 0.5) is 0 Å². The largest absolute Gasteiger partial charge is 0.380 e. The Labute approximate surface area is 129 Å². The molecule has 124 valence electrons. The molecule has 2 N–H and O–H groups in total. The Morgan fingerprint density at radius 2 is 2.10 bits per heavy atom. The van der Waals surface area contributed by atoms with Gasteiger partial charge in [-0.2, -0.15) is 0 Å². The zero-order valence-corrected chi connectivity index (χ0v) is 14.4. The number of guanidine groups is 1. The van der Waals surface area contributed by atoms with E-state index in [4.69, 9.17) is 9.47 Å². The lowest BCUT2D eigenvalue weighted by Gasteiger charge is -2.40. The van der Waals surface area contributed by atoms with Gasteiger partial charge in [0.15, 0.2) is 5.96 Å². The van der Waals surface area contributed by atoms with Crippen molar-refractivity contribution in [3.05, 3.63) is 0 Å². The highest BCUT2D eigenvalue weighted by molar-refractivity contribution is 5.79. The number of hydrogen-bond acceptors (Lipinski definition) is 3. The molecular formula is C16H33N3O2. The van der Waals surface area contributed by atoms with Gasteiger partial charge in [-0.15, -0.1) is 0 Å². The summed E-state index contributed by atoms with van der Waals surface area (Å²) in [7, 11) is 1.80. The summed E-state index contributed by atoms with van der Waals surface area (Å²) in [6.07, 6.45) is 2.67. The minimum Gasteiger partial charge on any atom is -0.380 e. The summed E-state index contributed by atoms with van der Waals surface area (Å²) in [6, 6.07) is 0. The molecule has 2 unspecified atom stereocenters. The monoisotopic (exact) mass is 299 g/mol. The summed E-state index contributed by atoms with van der Waals surface area (Å²) < 4.78 is 11.3. The van der Waals surface area contributed by atoms with E-state index in [1.54, 1.807) is 7.05 Å². The van der Waals surface area contributed by atoms with Crippen molar-refractivity contribution in [2.45, 2.75) is 46.6 Å². The summed E-state index contributed by atoms with van der Waals surface area (Å²) in [5.41, 5.74) is 0.179. The molecule has 1 saturated heterocycles. The highest BCUT2D eigenvalue weighted by atomic mass is 16.5. The molecule has 21 heavy (non-hydrogen) atoms. The standard InChI is InChI=1S/C16H33N3O2/c1-6-20-11-9-18-15(17-5)19-12-13-8-7-10-21-14(13)16(2,3)4/h13-14H,6-12H2,1-5H3,(H2,17,18,19). The van der Waals surface area contributed by atoms with E-state index in [0.717, 1.165) is 38.7 Å². The Bertz CT molecular complexity index is 313. The second-order valence-corrected chi connectivity index (χ2v) is 6.64. The van der Waals surface area contributed by atoms with Crippen LogP contribution in [0.5, 0.6) is 0 Å². The predicted molar refractivity (Wildman–Crippen MR) is 87.8 cm³/mol. The van der Waals surface area contributed by atoms with Crippen molar-refractivity contribution >= 4 is 5.96 Å². The van der Waals surface area contributed by atoms with Gasteiger partial charge in [0.05, 0.1) is 12.7 Å². The van der Waals surface area contributed by atoms with Gasteiger partial charge in [-0.25, -0.2) is 0 Å². The van der Waals surface area contributed by atoms with Crippen LogP contribution in [0.15, 0.2) is 4.99 Å². The molecule has 0 bridgehead atoms. The highest BCUT2D eigenvalue weighted by Gasteiger charge is 2.35. The summed E-state index contributed by atoms with van der Waals surface area (Å²) in [5.74, 6) is 1.37. The lowest BCUT2D eigenvalue weighted by Crippen LogP contribution is -2.47. The van der Waals surface area contributed by atoms with Crippen LogP contribution in [-0.4, -0.2) is 52.0 Å². The maximum atomic E-state index is 6.01. The molecule has 0 amide bonds. The van der Waals surface area contributed by atoms with Crippen LogP contribution in [0, 0.1) is 11.3 Å². The van der Waals surface area contributed by atoms with Gasteiger partial charge in [0.25, 0.3) is 0 Å². The van der Waals surface area contributed by atoms with Crippen molar-refractivity contribution < 1.29 is 9.47 Å². The van der Waals surface area contributed by atoms with Crippen LogP contribution in [0.25, 0.3) is 0 Å². The Kier molecular flexibility index (Phi) is 8.04. The van der Waals surface area contributed by atoms with E-state index in [-0.39, 0.29) is 5.41 Å². The third-order valence-corrected chi connectivity index (χ3v) is 3.80. The van der Waals surface area contributed by atoms with Gasteiger partial charge in [0.1, 0.15) is 0 Å². The SMILES string of the molecule is CCOCCNC(=NC)NCC1CCCOC1C(C)(C)C. The predicted octanol–water partition coefficient (Wildman–Crippen LogP) is 2.03. The number of nitrogens with zero attached hydrogens (tertiary/aromatic N) is 1. The molecular weight excluding hydrogens is 266 g/mol. The number of hydrogen-bond donors (Lipinski definition) is 2. The zero-order chi connectivity index (χ0) is 15.7. The second kappa shape index (κ2) is 9.26. The molecule has 0 saturated carbocycles. The molecule has 1 fully saturated rings. The molecule has 0 aromatic carbocycles. The molecule has 0 radical (unpaired) electrons. The first-order valence-corrected chi connectivity index (χ1v) is 8.13. The number of aliphatic imine (C=N–C) groups is 1. The van der Waals surface area contributed by atoms with Crippen LogP contribution < -0.4 is 10.6 Å². The molecule has 1 rings (SSSR count). The first-order valence-electron chi connectivity index (χ1n) is 8.13. The van der Waals surface area contributed by atoms with E-state index >= 15 is 0 Å². The van der Waals surface area contributed by atoms with Gasteiger partial charge in [0.2, 0.25) is 0 Å². The lowest BCUT2D eigenvalue weighted by molar-refractivity contribution is -0.0835. The second-order valence-electron chi connectivity index (χ2n) is 6.64. The van der Waals surface area contributed by atoms with Gasteiger partial charge in [-0.3, -0.25) is 4.99 Å². The van der Waals surface area contributed by atoms with E-state index in [9.17, 15) is 0 Å². The Balaban J connectivity index is 2.39. The van der Waals surface area contributed by atoms with Crippen LogP contribution in [-0.2, 0) is 9.47 Å². The van der Waals surface area contributed by atoms with E-state index in [2.05, 4.69) is 36.4 Å². The van der Waals surface area contributed by atoms with Crippen LogP contribution in [0.1, 0.15) is 40.5 Å². The first-order chi connectivity index (χ1) is 9.99. The minimum atomic E-state index is 0.179. The summed E-state index contributed by atoms with van der Waals surface area (Å²) >= 11 is 0. The average Bonchev–Trinajstić information content (AvgIpc) is 2.46. The normalized spacial score (nSPS) is 24.0. The van der Waals surface area contributed by atoms with Gasteiger partial charge in [-0.1, -0.05) is 20.8 Å². The fourth-order valence-corrected chi connectivity index (χ4v) is 2.84. The molecule has 1 aliphatic rings. The molecule has 0 aliphatic carbocycles. The van der Waals surface area contributed by atoms with Gasteiger partial charge >= 0.3 is 0 Å². The minimum absolute atomic E-state index is 0.179. The number of ether oxygens (including phenoxy) is 2. The Morgan fingerprint density at radius 3 is 2.71 bits per heavy atom. The highest BCUT2D eigenvalue weighted by Crippen LogP contribution is 2.33. The smallest absolute Gasteiger partial charge is 0.191 e. The molecule has 0 aromatic rings. The molecule has 5 heteroatoms. The van der Waals surface area contributed by atoms with Gasteiger partial charge in [-0.05, 0) is 25.2 Å². The molecule has 2 atom stereocenters. The summed E-state index contributed by atoms with van der Waals surface area (Å²) in [5, 5.41) is 6.69. The van der Waals surface area contributed by atoms with Crippen molar-refractivity contribution in [1.29, 1.82) is 0 Å². The molecule has 0 aromatic heterocycles. The van der Waals surface area contributed by atoms with Crippen LogP contribution in [0.3, 0.4) is 0 Å². The number of nitrogens with one attached hydrogen (secondary N) is 2. The fraction of sp³-hybridized carbons (Fsp3) is 0.938. The van der Waals surface area contributed by atoms with Crippen molar-refractivity contribution in [1.82, 2.24) is 10.6 Å². The van der Waals surface area contributed by atoms with Crippen molar-refractivity contribution in [3.8, 4) is 0 Å². The van der Waals surface area contributed by atoms with Crippen LogP contribution >= 0.6 is 0 Å². The molecule has 5 nitrogen and oxygen atoms in total. The molecule has 1 heterocycles. The average molecular weight is 299 g/mol. The van der Waals surface area contributed by atoms with Crippen molar-refractivity contribution in [2.75, 3.05) is 40.0 Å². The summed E-state index contributed by atoms with van der Waals surface area (Å²) in [4.78, 5) is 4.26. The quantitative estimate of drug-likeness (QED) is 0.448. The first kappa shape index (κ1) is 18.2. The van der Waals surface area contributed by atoms with Crippen molar-refractivity contribution in [3.63, 3.8) is 0 Å². The van der Waals surface area contributed by atoms with E-state index in [0.29, 0.717) is 18.6 Å². The van der Waals surface area contributed by atoms with E-state index in [1.165, 1.54) is 6.42 Å². The maximum absolute atomic E-state index is 6.01. The Morgan fingerprint density at radius 1 is 1.33 bits per heavy atom. The summed E-state index contributed by atoms with van der Waals surface area (Å²) in [6.45, 7) is 12.8.